The van der Waals surface area contributed by atoms with E-state index in [0.717, 1.165) is 4.47 Å². The van der Waals surface area contributed by atoms with Crippen molar-refractivity contribution in [3.63, 3.8) is 0 Å². The Kier molecular flexibility index (Phi) is 4.37. The highest BCUT2D eigenvalue weighted by molar-refractivity contribution is 9.11. The summed E-state index contributed by atoms with van der Waals surface area (Å²) in [6.45, 7) is 0. The van der Waals surface area contributed by atoms with Crippen molar-refractivity contribution in [3.8, 4) is 0 Å². The molecule has 1 N–H and O–H groups in total. The minimum atomic E-state index is -0.244. The predicted molar refractivity (Wildman–Crippen MR) is 79.0 cm³/mol. The van der Waals surface area contributed by atoms with Crippen LogP contribution in [0, 0.1) is 0 Å². The molecule has 0 saturated carbocycles. The largest absolute Gasteiger partial charge is 0.321 e. The van der Waals surface area contributed by atoms with Gasteiger partial charge in [0, 0.05) is 16.9 Å². The number of amides is 1. The van der Waals surface area contributed by atoms with Crippen molar-refractivity contribution in [2.24, 2.45) is 0 Å². The highest BCUT2D eigenvalue weighted by atomic mass is 79.9. The van der Waals surface area contributed by atoms with Gasteiger partial charge >= 0.3 is 0 Å². The number of hydrogen-bond acceptors (Lipinski definition) is 2. The molecule has 0 radical (unpaired) electrons. The first-order valence-corrected chi connectivity index (χ1v) is 6.90. The fraction of sp³-hybridized carbons (Fsp3) is 0. The third-order valence-electron chi connectivity index (χ3n) is 2.17. The Morgan fingerprint density at radius 3 is 2.78 bits per heavy atom. The molecule has 6 heteroatoms. The number of carbonyl (C=O) groups is 1. The third kappa shape index (κ3) is 3.10. The van der Waals surface area contributed by atoms with Gasteiger partial charge in [0.15, 0.2) is 0 Å². The molecule has 3 nitrogen and oxygen atoms in total. The van der Waals surface area contributed by atoms with Crippen molar-refractivity contribution in [2.75, 3.05) is 5.32 Å². The summed E-state index contributed by atoms with van der Waals surface area (Å²) in [7, 11) is 0. The summed E-state index contributed by atoms with van der Waals surface area (Å²) < 4.78 is 1.41. The number of nitrogens with one attached hydrogen (secondary N) is 1. The summed E-state index contributed by atoms with van der Waals surface area (Å²) in [5, 5.41) is 3.31. The zero-order valence-corrected chi connectivity index (χ0v) is 12.9. The Balaban J connectivity index is 2.24. The van der Waals surface area contributed by atoms with Crippen LogP contribution in [-0.2, 0) is 0 Å². The van der Waals surface area contributed by atoms with Gasteiger partial charge < -0.3 is 5.32 Å². The quantitative estimate of drug-likeness (QED) is 0.820. The van der Waals surface area contributed by atoms with Gasteiger partial charge in [0.05, 0.1) is 20.7 Å². The van der Waals surface area contributed by atoms with Crippen LogP contribution in [-0.4, -0.2) is 10.9 Å². The minimum absolute atomic E-state index is 0.244. The Bertz CT molecular complexity index is 604. The van der Waals surface area contributed by atoms with Gasteiger partial charge in [-0.1, -0.05) is 17.7 Å². The molecule has 1 aromatic carbocycles. The number of halogens is 3. The summed E-state index contributed by atoms with van der Waals surface area (Å²) >= 11 is 12.5. The number of benzene rings is 1. The first-order valence-electron chi connectivity index (χ1n) is 4.94. The van der Waals surface area contributed by atoms with Gasteiger partial charge in [-0.15, -0.1) is 0 Å². The second kappa shape index (κ2) is 5.82. The van der Waals surface area contributed by atoms with Gasteiger partial charge in [-0.05, 0) is 50.1 Å². The first kappa shape index (κ1) is 13.5. The summed E-state index contributed by atoms with van der Waals surface area (Å²) in [5.74, 6) is -0.244. The Hall–Kier alpha value is -0.910. The van der Waals surface area contributed by atoms with E-state index >= 15 is 0 Å². The van der Waals surface area contributed by atoms with Crippen molar-refractivity contribution in [1.82, 2.24) is 4.98 Å². The number of nitrogens with zero attached hydrogens (tertiary/aromatic N) is 1. The monoisotopic (exact) mass is 388 g/mol. The number of hydrogen-bond donors (Lipinski definition) is 1. The van der Waals surface area contributed by atoms with Crippen LogP contribution in [0.2, 0.25) is 5.02 Å². The minimum Gasteiger partial charge on any atom is -0.321 e. The van der Waals surface area contributed by atoms with E-state index in [1.165, 1.54) is 6.20 Å². The maximum Gasteiger partial charge on any atom is 0.257 e. The molecule has 1 aromatic heterocycles. The van der Waals surface area contributed by atoms with Crippen molar-refractivity contribution in [1.29, 1.82) is 0 Å². The van der Waals surface area contributed by atoms with Gasteiger partial charge in [-0.3, -0.25) is 9.78 Å². The molecule has 2 aromatic rings. The number of rotatable bonds is 2. The zero-order chi connectivity index (χ0) is 13.1. The lowest BCUT2D eigenvalue weighted by atomic mass is 10.2. The molecule has 0 aliphatic heterocycles. The summed E-state index contributed by atoms with van der Waals surface area (Å²) in [5.41, 5.74) is 1.09. The fourth-order valence-corrected chi connectivity index (χ4v) is 2.23. The van der Waals surface area contributed by atoms with Gasteiger partial charge in [0.2, 0.25) is 0 Å². The molecule has 0 spiro atoms. The Morgan fingerprint density at radius 1 is 1.28 bits per heavy atom. The van der Waals surface area contributed by atoms with E-state index < -0.39 is 0 Å². The van der Waals surface area contributed by atoms with Crippen LogP contribution in [0.1, 0.15) is 10.4 Å². The lowest BCUT2D eigenvalue weighted by molar-refractivity contribution is 0.102. The molecule has 0 bridgehead atoms. The zero-order valence-electron chi connectivity index (χ0n) is 8.95. The van der Waals surface area contributed by atoms with E-state index in [-0.39, 0.29) is 5.91 Å². The lowest BCUT2D eigenvalue weighted by Gasteiger charge is -2.08. The van der Waals surface area contributed by atoms with Crippen molar-refractivity contribution >= 4 is 55.1 Å². The van der Waals surface area contributed by atoms with Gasteiger partial charge in [0.25, 0.3) is 5.91 Å². The van der Waals surface area contributed by atoms with Crippen molar-refractivity contribution in [3.05, 3.63) is 56.2 Å². The molecule has 0 aliphatic carbocycles. The van der Waals surface area contributed by atoms with E-state index in [2.05, 4.69) is 42.2 Å². The van der Waals surface area contributed by atoms with E-state index in [0.29, 0.717) is 20.7 Å². The van der Waals surface area contributed by atoms with E-state index in [1.807, 2.05) is 0 Å². The fourth-order valence-electron chi connectivity index (χ4n) is 1.33. The molecule has 0 unspecified atom stereocenters. The third-order valence-corrected chi connectivity index (χ3v) is 4.00. The van der Waals surface area contributed by atoms with Crippen LogP contribution in [0.15, 0.2) is 45.6 Å². The number of aromatic nitrogens is 1. The molecule has 0 atom stereocenters. The molecule has 1 amide bonds. The lowest BCUT2D eigenvalue weighted by Crippen LogP contribution is -2.12. The molecular weight excluding hydrogens is 383 g/mol. The van der Waals surface area contributed by atoms with Crippen molar-refractivity contribution < 1.29 is 4.79 Å². The smallest absolute Gasteiger partial charge is 0.257 e. The first-order chi connectivity index (χ1) is 8.58. The SMILES string of the molecule is O=C(Nc1cccc(Cl)c1Br)c1cncc(Br)c1. The highest BCUT2D eigenvalue weighted by Crippen LogP contribution is 2.30. The van der Waals surface area contributed by atoms with E-state index in [4.69, 9.17) is 11.6 Å². The van der Waals surface area contributed by atoms with Crippen LogP contribution < -0.4 is 5.32 Å². The normalized spacial score (nSPS) is 10.2. The molecule has 18 heavy (non-hydrogen) atoms. The second-order valence-corrected chi connectivity index (χ2v) is 5.56. The van der Waals surface area contributed by atoms with Gasteiger partial charge in [0.1, 0.15) is 0 Å². The van der Waals surface area contributed by atoms with Crippen molar-refractivity contribution in [2.45, 2.75) is 0 Å². The van der Waals surface area contributed by atoms with Crippen LogP contribution in [0.4, 0.5) is 5.69 Å². The number of pyridine rings is 1. The Labute approximate surface area is 126 Å². The standard InChI is InChI=1S/C12H7Br2ClN2O/c13-8-4-7(5-16-6-8)12(18)17-10-3-1-2-9(15)11(10)14/h1-6H,(H,17,18). The topological polar surface area (TPSA) is 42.0 Å². The number of carbonyl (C=O) groups excluding carboxylic acids is 1. The molecule has 92 valence electrons. The summed E-state index contributed by atoms with van der Waals surface area (Å²) in [6.07, 6.45) is 3.12. The molecule has 2 rings (SSSR count). The summed E-state index contributed by atoms with van der Waals surface area (Å²) in [4.78, 5) is 15.9. The average Bonchev–Trinajstić information content (AvgIpc) is 2.35. The number of anilines is 1. The Morgan fingerprint density at radius 2 is 2.06 bits per heavy atom. The van der Waals surface area contributed by atoms with Crippen LogP contribution in [0.25, 0.3) is 0 Å². The highest BCUT2D eigenvalue weighted by Gasteiger charge is 2.10. The average molecular weight is 390 g/mol. The van der Waals surface area contributed by atoms with Crippen LogP contribution >= 0.6 is 43.5 Å². The van der Waals surface area contributed by atoms with Gasteiger partial charge in [-0.2, -0.15) is 0 Å². The summed E-state index contributed by atoms with van der Waals surface area (Å²) in [6, 6.07) is 6.96. The second-order valence-electron chi connectivity index (χ2n) is 3.45. The van der Waals surface area contributed by atoms with Gasteiger partial charge in [-0.25, -0.2) is 0 Å². The van der Waals surface area contributed by atoms with E-state index in [1.54, 1.807) is 30.5 Å². The maximum atomic E-state index is 12.0. The van der Waals surface area contributed by atoms with E-state index in [9.17, 15) is 4.79 Å². The molecule has 1 heterocycles. The molecule has 0 saturated heterocycles. The van der Waals surface area contributed by atoms with Crippen LogP contribution in [0.3, 0.4) is 0 Å². The van der Waals surface area contributed by atoms with Crippen LogP contribution in [0.5, 0.6) is 0 Å². The molecule has 0 fully saturated rings. The maximum absolute atomic E-state index is 12.0. The molecular formula is C12H7Br2ClN2O. The molecule has 0 aliphatic rings. The predicted octanol–water partition coefficient (Wildman–Crippen LogP) is 4.51.